The van der Waals surface area contributed by atoms with E-state index in [9.17, 15) is 4.79 Å². The molecule has 0 fully saturated rings. The summed E-state index contributed by atoms with van der Waals surface area (Å²) in [5.74, 6) is 0.702. The molecular formula is C15H12N2O2. The Morgan fingerprint density at radius 1 is 1.26 bits per heavy atom. The van der Waals surface area contributed by atoms with Gasteiger partial charge in [0.2, 0.25) is 0 Å². The van der Waals surface area contributed by atoms with E-state index in [0.29, 0.717) is 17.0 Å². The number of aromatic amines is 1. The van der Waals surface area contributed by atoms with Crippen LogP contribution in [0.5, 0.6) is 5.75 Å². The summed E-state index contributed by atoms with van der Waals surface area (Å²) in [5, 5.41) is 0. The van der Waals surface area contributed by atoms with E-state index in [1.165, 1.54) is 0 Å². The Labute approximate surface area is 110 Å². The molecule has 2 aromatic heterocycles. The highest BCUT2D eigenvalue weighted by Crippen LogP contribution is 2.31. The lowest BCUT2D eigenvalue weighted by Crippen LogP contribution is -1.95. The average Bonchev–Trinajstić information content (AvgIpc) is 2.93. The minimum absolute atomic E-state index is 0.541. The second-order valence-electron chi connectivity index (χ2n) is 4.15. The van der Waals surface area contributed by atoms with Crippen molar-refractivity contribution in [1.82, 2.24) is 9.97 Å². The molecule has 1 aromatic carbocycles. The van der Waals surface area contributed by atoms with Crippen LogP contribution in [0.3, 0.4) is 0 Å². The summed E-state index contributed by atoms with van der Waals surface area (Å²) < 4.78 is 5.33. The van der Waals surface area contributed by atoms with E-state index >= 15 is 0 Å². The molecule has 4 heteroatoms. The summed E-state index contributed by atoms with van der Waals surface area (Å²) in [5.41, 5.74) is 3.67. The number of fused-ring (bicyclic) bond motifs is 1. The van der Waals surface area contributed by atoms with E-state index < -0.39 is 0 Å². The Bertz CT molecular complexity index is 747. The fraction of sp³-hybridized carbons (Fsp3) is 0.0667. The number of aldehydes is 1. The Hall–Kier alpha value is -2.62. The summed E-state index contributed by atoms with van der Waals surface area (Å²) in [6, 6.07) is 11.2. The maximum atomic E-state index is 11.3. The Morgan fingerprint density at radius 2 is 2.11 bits per heavy atom. The zero-order chi connectivity index (χ0) is 13.2. The number of methoxy groups -OCH3 is 1. The van der Waals surface area contributed by atoms with Crippen molar-refractivity contribution < 1.29 is 9.53 Å². The van der Waals surface area contributed by atoms with Gasteiger partial charge in [0.25, 0.3) is 0 Å². The van der Waals surface area contributed by atoms with Crippen LogP contribution in [0, 0.1) is 0 Å². The fourth-order valence-corrected chi connectivity index (χ4v) is 2.14. The largest absolute Gasteiger partial charge is 0.496 e. The smallest absolute Gasteiger partial charge is 0.152 e. The number of hydrogen-bond acceptors (Lipinski definition) is 3. The molecule has 0 saturated carbocycles. The first-order valence-electron chi connectivity index (χ1n) is 5.90. The number of pyridine rings is 1. The Kier molecular flexibility index (Phi) is 2.76. The van der Waals surface area contributed by atoms with Crippen molar-refractivity contribution in [3.63, 3.8) is 0 Å². The summed E-state index contributed by atoms with van der Waals surface area (Å²) in [4.78, 5) is 18.9. The molecule has 0 amide bonds. The standard InChI is InChI=1S/C15H12N2O2/c1-19-14-5-3-2-4-11(14)15-10(9-18)8-13-12(17-15)6-7-16-13/h2-9,16H,1H3. The van der Waals surface area contributed by atoms with Crippen molar-refractivity contribution in [2.45, 2.75) is 0 Å². The zero-order valence-corrected chi connectivity index (χ0v) is 10.4. The van der Waals surface area contributed by atoms with Crippen LogP contribution >= 0.6 is 0 Å². The predicted molar refractivity (Wildman–Crippen MR) is 73.5 cm³/mol. The van der Waals surface area contributed by atoms with Gasteiger partial charge in [-0.2, -0.15) is 0 Å². The first-order chi connectivity index (χ1) is 9.33. The molecule has 0 saturated heterocycles. The van der Waals surface area contributed by atoms with E-state index in [2.05, 4.69) is 9.97 Å². The van der Waals surface area contributed by atoms with Gasteiger partial charge in [0.05, 0.1) is 23.8 Å². The second kappa shape index (κ2) is 4.57. The minimum Gasteiger partial charge on any atom is -0.496 e. The third-order valence-corrected chi connectivity index (χ3v) is 3.05. The van der Waals surface area contributed by atoms with E-state index in [1.807, 2.05) is 30.3 Å². The van der Waals surface area contributed by atoms with Crippen molar-refractivity contribution >= 4 is 17.3 Å². The SMILES string of the molecule is COc1ccccc1-c1nc2cc[nH]c2cc1C=O. The lowest BCUT2D eigenvalue weighted by atomic mass is 10.0. The number of ether oxygens (including phenoxy) is 1. The summed E-state index contributed by atoms with van der Waals surface area (Å²) in [6.45, 7) is 0. The molecule has 0 aliphatic rings. The molecule has 0 atom stereocenters. The highest BCUT2D eigenvalue weighted by Gasteiger charge is 2.13. The third kappa shape index (κ3) is 1.87. The van der Waals surface area contributed by atoms with Crippen LogP contribution in [0.4, 0.5) is 0 Å². The van der Waals surface area contributed by atoms with E-state index in [0.717, 1.165) is 22.9 Å². The first kappa shape index (κ1) is 11.5. The van der Waals surface area contributed by atoms with Gasteiger partial charge in [0.1, 0.15) is 5.75 Å². The van der Waals surface area contributed by atoms with Gasteiger partial charge in [-0.25, -0.2) is 4.98 Å². The maximum absolute atomic E-state index is 11.3. The van der Waals surface area contributed by atoms with Crippen molar-refractivity contribution in [3.8, 4) is 17.0 Å². The average molecular weight is 252 g/mol. The van der Waals surface area contributed by atoms with Gasteiger partial charge in [-0.3, -0.25) is 4.79 Å². The third-order valence-electron chi connectivity index (χ3n) is 3.05. The van der Waals surface area contributed by atoms with Crippen LogP contribution < -0.4 is 4.74 Å². The van der Waals surface area contributed by atoms with E-state index in [1.54, 1.807) is 19.4 Å². The van der Waals surface area contributed by atoms with Gasteiger partial charge in [-0.05, 0) is 24.3 Å². The molecule has 0 aliphatic heterocycles. The number of nitrogens with zero attached hydrogens (tertiary/aromatic N) is 1. The number of rotatable bonds is 3. The molecule has 19 heavy (non-hydrogen) atoms. The fourth-order valence-electron chi connectivity index (χ4n) is 2.14. The molecular weight excluding hydrogens is 240 g/mol. The van der Waals surface area contributed by atoms with Crippen LogP contribution in [0.25, 0.3) is 22.3 Å². The number of aromatic nitrogens is 2. The monoisotopic (exact) mass is 252 g/mol. The van der Waals surface area contributed by atoms with Crippen LogP contribution in [-0.4, -0.2) is 23.4 Å². The molecule has 1 N–H and O–H groups in total. The van der Waals surface area contributed by atoms with Gasteiger partial charge >= 0.3 is 0 Å². The normalized spacial score (nSPS) is 10.6. The van der Waals surface area contributed by atoms with E-state index in [-0.39, 0.29) is 0 Å². The molecule has 2 heterocycles. The van der Waals surface area contributed by atoms with Crippen molar-refractivity contribution in [1.29, 1.82) is 0 Å². The van der Waals surface area contributed by atoms with Gasteiger partial charge in [0.15, 0.2) is 6.29 Å². The van der Waals surface area contributed by atoms with E-state index in [4.69, 9.17) is 4.74 Å². The van der Waals surface area contributed by atoms with Crippen LogP contribution in [0.2, 0.25) is 0 Å². The Balaban J connectivity index is 2.30. The van der Waals surface area contributed by atoms with Gasteiger partial charge in [0, 0.05) is 17.3 Å². The zero-order valence-electron chi connectivity index (χ0n) is 10.4. The number of carbonyl (C=O) groups excluding carboxylic acids is 1. The molecule has 0 radical (unpaired) electrons. The quantitative estimate of drug-likeness (QED) is 0.729. The van der Waals surface area contributed by atoms with Crippen molar-refractivity contribution in [2.24, 2.45) is 0 Å². The summed E-state index contributed by atoms with van der Waals surface area (Å²) >= 11 is 0. The molecule has 3 rings (SSSR count). The van der Waals surface area contributed by atoms with Crippen molar-refractivity contribution in [2.75, 3.05) is 7.11 Å². The van der Waals surface area contributed by atoms with Crippen molar-refractivity contribution in [3.05, 3.63) is 48.2 Å². The number of H-pyrrole nitrogens is 1. The van der Waals surface area contributed by atoms with Gasteiger partial charge in [-0.1, -0.05) is 12.1 Å². The Morgan fingerprint density at radius 3 is 2.89 bits per heavy atom. The number of para-hydroxylation sites is 1. The second-order valence-corrected chi connectivity index (χ2v) is 4.15. The minimum atomic E-state index is 0.541. The number of benzene rings is 1. The number of hydrogen-bond donors (Lipinski definition) is 1. The molecule has 0 aliphatic carbocycles. The molecule has 94 valence electrons. The topological polar surface area (TPSA) is 55.0 Å². The summed E-state index contributed by atoms with van der Waals surface area (Å²) in [7, 11) is 1.61. The highest BCUT2D eigenvalue weighted by molar-refractivity contribution is 5.93. The molecule has 3 aromatic rings. The van der Waals surface area contributed by atoms with Gasteiger partial charge < -0.3 is 9.72 Å². The predicted octanol–water partition coefficient (Wildman–Crippen LogP) is 3.05. The van der Waals surface area contributed by atoms with Crippen LogP contribution in [-0.2, 0) is 0 Å². The first-order valence-corrected chi connectivity index (χ1v) is 5.90. The summed E-state index contributed by atoms with van der Waals surface area (Å²) in [6.07, 6.45) is 2.62. The maximum Gasteiger partial charge on any atom is 0.152 e. The number of nitrogens with one attached hydrogen (secondary N) is 1. The lowest BCUT2D eigenvalue weighted by Gasteiger charge is -2.09. The lowest BCUT2D eigenvalue weighted by molar-refractivity contribution is 0.112. The number of carbonyl (C=O) groups is 1. The van der Waals surface area contributed by atoms with Crippen LogP contribution in [0.15, 0.2) is 42.6 Å². The van der Waals surface area contributed by atoms with Crippen LogP contribution in [0.1, 0.15) is 10.4 Å². The van der Waals surface area contributed by atoms with Gasteiger partial charge in [-0.15, -0.1) is 0 Å². The molecule has 0 spiro atoms. The molecule has 4 nitrogen and oxygen atoms in total. The molecule has 0 bridgehead atoms. The molecule has 0 unspecified atom stereocenters. The highest BCUT2D eigenvalue weighted by atomic mass is 16.5.